The highest BCUT2D eigenvalue weighted by Crippen LogP contribution is 2.12. The molecular formula is C16H19N3O2S. The summed E-state index contributed by atoms with van der Waals surface area (Å²) in [7, 11) is 0. The maximum atomic E-state index is 11.7. The van der Waals surface area contributed by atoms with Gasteiger partial charge in [-0.2, -0.15) is 0 Å². The zero-order chi connectivity index (χ0) is 15.8. The summed E-state index contributed by atoms with van der Waals surface area (Å²) < 4.78 is 0. The molecule has 1 aromatic carbocycles. The van der Waals surface area contributed by atoms with E-state index in [1.165, 1.54) is 4.88 Å². The number of benzene rings is 1. The van der Waals surface area contributed by atoms with Crippen molar-refractivity contribution in [1.82, 2.24) is 10.6 Å². The average molecular weight is 317 g/mol. The van der Waals surface area contributed by atoms with Crippen LogP contribution in [0.25, 0.3) is 0 Å². The minimum absolute atomic E-state index is 0.0587. The Morgan fingerprint density at radius 2 is 1.95 bits per heavy atom. The van der Waals surface area contributed by atoms with Crippen molar-refractivity contribution in [3.05, 3.63) is 52.2 Å². The molecule has 22 heavy (non-hydrogen) atoms. The number of thiophene rings is 1. The van der Waals surface area contributed by atoms with Gasteiger partial charge in [-0.05, 0) is 36.4 Å². The van der Waals surface area contributed by atoms with Crippen molar-refractivity contribution in [3.63, 3.8) is 0 Å². The average Bonchev–Trinajstić information content (AvgIpc) is 2.99. The number of amides is 3. The van der Waals surface area contributed by atoms with Gasteiger partial charge in [-0.25, -0.2) is 4.79 Å². The molecule has 2 aromatic rings. The second-order valence-corrected chi connectivity index (χ2v) is 5.83. The quantitative estimate of drug-likeness (QED) is 0.767. The second kappa shape index (κ2) is 8.19. The molecule has 0 saturated heterocycles. The van der Waals surface area contributed by atoms with E-state index in [0.29, 0.717) is 6.54 Å². The first-order chi connectivity index (χ1) is 10.6. The molecule has 1 heterocycles. The lowest BCUT2D eigenvalue weighted by molar-refractivity contribution is -0.118. The van der Waals surface area contributed by atoms with Crippen LogP contribution in [-0.2, 0) is 11.2 Å². The Kier molecular flexibility index (Phi) is 5.97. The fourth-order valence-electron chi connectivity index (χ4n) is 1.92. The molecule has 1 aromatic heterocycles. The standard InChI is InChI=1S/C16H19N3O2S/c1-12-5-2-3-7-14(12)18-11-15(20)19-16(21)17-9-8-13-6-4-10-22-13/h2-7,10,18H,8-9,11H2,1H3,(H2,17,19,20,21). The van der Waals surface area contributed by atoms with Crippen LogP contribution in [0.2, 0.25) is 0 Å². The molecule has 3 N–H and O–H groups in total. The fourth-order valence-corrected chi connectivity index (χ4v) is 2.62. The van der Waals surface area contributed by atoms with E-state index in [4.69, 9.17) is 0 Å². The Labute approximate surface area is 133 Å². The Hall–Kier alpha value is -2.34. The molecule has 0 unspecified atom stereocenters. The summed E-state index contributed by atoms with van der Waals surface area (Å²) in [5.74, 6) is -0.364. The number of hydrogen-bond donors (Lipinski definition) is 3. The smallest absolute Gasteiger partial charge is 0.321 e. The van der Waals surface area contributed by atoms with Gasteiger partial charge in [0.25, 0.3) is 0 Å². The van der Waals surface area contributed by atoms with Crippen LogP contribution >= 0.6 is 11.3 Å². The molecule has 0 aliphatic carbocycles. The van der Waals surface area contributed by atoms with E-state index in [1.54, 1.807) is 11.3 Å². The maximum Gasteiger partial charge on any atom is 0.321 e. The molecule has 116 valence electrons. The molecule has 3 amide bonds. The van der Waals surface area contributed by atoms with Gasteiger partial charge in [0.05, 0.1) is 6.54 Å². The van der Waals surface area contributed by atoms with Gasteiger partial charge in [-0.15, -0.1) is 11.3 Å². The van der Waals surface area contributed by atoms with Crippen molar-refractivity contribution < 1.29 is 9.59 Å². The molecule has 0 aliphatic heterocycles. The maximum absolute atomic E-state index is 11.7. The van der Waals surface area contributed by atoms with Gasteiger partial charge < -0.3 is 10.6 Å². The fraction of sp³-hybridized carbons (Fsp3) is 0.250. The van der Waals surface area contributed by atoms with E-state index >= 15 is 0 Å². The Morgan fingerprint density at radius 1 is 1.14 bits per heavy atom. The Morgan fingerprint density at radius 3 is 2.68 bits per heavy atom. The van der Waals surface area contributed by atoms with E-state index in [2.05, 4.69) is 16.0 Å². The predicted molar refractivity (Wildman–Crippen MR) is 89.2 cm³/mol. The van der Waals surface area contributed by atoms with Crippen LogP contribution in [-0.4, -0.2) is 25.0 Å². The lowest BCUT2D eigenvalue weighted by Crippen LogP contribution is -2.42. The summed E-state index contributed by atoms with van der Waals surface area (Å²) in [5, 5.41) is 9.97. The van der Waals surface area contributed by atoms with Crippen molar-refractivity contribution in [3.8, 4) is 0 Å². The van der Waals surface area contributed by atoms with Crippen LogP contribution in [0.5, 0.6) is 0 Å². The van der Waals surface area contributed by atoms with Gasteiger partial charge in [0.15, 0.2) is 0 Å². The molecule has 2 rings (SSSR count). The molecule has 6 heteroatoms. The molecular weight excluding hydrogens is 298 g/mol. The zero-order valence-corrected chi connectivity index (χ0v) is 13.2. The number of carbonyl (C=O) groups excluding carboxylic acids is 2. The Bertz CT molecular complexity index is 626. The molecule has 0 radical (unpaired) electrons. The highest BCUT2D eigenvalue weighted by atomic mass is 32.1. The first-order valence-electron chi connectivity index (χ1n) is 7.04. The first-order valence-corrected chi connectivity index (χ1v) is 7.92. The van der Waals surface area contributed by atoms with Crippen LogP contribution < -0.4 is 16.0 Å². The Balaban J connectivity index is 1.66. The van der Waals surface area contributed by atoms with Gasteiger partial charge >= 0.3 is 6.03 Å². The summed E-state index contributed by atoms with van der Waals surface area (Å²) in [6.45, 7) is 2.52. The van der Waals surface area contributed by atoms with E-state index in [9.17, 15) is 9.59 Å². The molecule has 0 fully saturated rings. The van der Waals surface area contributed by atoms with Crippen molar-refractivity contribution in [2.75, 3.05) is 18.4 Å². The minimum Gasteiger partial charge on any atom is -0.376 e. The van der Waals surface area contributed by atoms with E-state index in [-0.39, 0.29) is 12.5 Å². The third kappa shape index (κ3) is 5.21. The number of imide groups is 1. The third-order valence-electron chi connectivity index (χ3n) is 3.07. The highest BCUT2D eigenvalue weighted by molar-refractivity contribution is 7.09. The second-order valence-electron chi connectivity index (χ2n) is 4.80. The van der Waals surface area contributed by atoms with Crippen LogP contribution in [0.3, 0.4) is 0 Å². The molecule has 0 saturated carbocycles. The lowest BCUT2D eigenvalue weighted by Gasteiger charge is -2.09. The predicted octanol–water partition coefficient (Wildman–Crippen LogP) is 2.54. The highest BCUT2D eigenvalue weighted by Gasteiger charge is 2.07. The van der Waals surface area contributed by atoms with Gasteiger partial charge in [-0.3, -0.25) is 10.1 Å². The molecule has 5 nitrogen and oxygen atoms in total. The SMILES string of the molecule is Cc1ccccc1NCC(=O)NC(=O)NCCc1cccs1. The number of rotatable bonds is 6. The molecule has 0 bridgehead atoms. The summed E-state index contributed by atoms with van der Waals surface area (Å²) in [5.41, 5.74) is 1.94. The van der Waals surface area contributed by atoms with Gasteiger partial charge in [0.1, 0.15) is 0 Å². The number of urea groups is 1. The van der Waals surface area contributed by atoms with Gasteiger partial charge in [0, 0.05) is 17.1 Å². The number of aryl methyl sites for hydroxylation is 1. The minimum atomic E-state index is -0.465. The van der Waals surface area contributed by atoms with Gasteiger partial charge in [0.2, 0.25) is 5.91 Å². The molecule has 0 atom stereocenters. The number of hydrogen-bond acceptors (Lipinski definition) is 4. The first kappa shape index (κ1) is 16.0. The zero-order valence-electron chi connectivity index (χ0n) is 12.4. The van der Waals surface area contributed by atoms with Gasteiger partial charge in [-0.1, -0.05) is 24.3 Å². The van der Waals surface area contributed by atoms with Crippen LogP contribution in [0.15, 0.2) is 41.8 Å². The van der Waals surface area contributed by atoms with E-state index in [0.717, 1.165) is 17.7 Å². The topological polar surface area (TPSA) is 70.2 Å². The van der Waals surface area contributed by atoms with Crippen molar-refractivity contribution in [1.29, 1.82) is 0 Å². The monoisotopic (exact) mass is 317 g/mol. The molecule has 0 spiro atoms. The summed E-state index contributed by atoms with van der Waals surface area (Å²) in [4.78, 5) is 24.5. The normalized spacial score (nSPS) is 10.0. The number of anilines is 1. The van der Waals surface area contributed by atoms with E-state index < -0.39 is 6.03 Å². The van der Waals surface area contributed by atoms with Crippen molar-refractivity contribution in [2.24, 2.45) is 0 Å². The number of para-hydroxylation sites is 1. The number of carbonyl (C=O) groups is 2. The largest absolute Gasteiger partial charge is 0.376 e. The van der Waals surface area contributed by atoms with E-state index in [1.807, 2.05) is 48.7 Å². The van der Waals surface area contributed by atoms with Crippen molar-refractivity contribution in [2.45, 2.75) is 13.3 Å². The van der Waals surface area contributed by atoms with Crippen LogP contribution in [0.4, 0.5) is 10.5 Å². The van der Waals surface area contributed by atoms with Crippen LogP contribution in [0, 0.1) is 6.92 Å². The number of nitrogens with one attached hydrogen (secondary N) is 3. The third-order valence-corrected chi connectivity index (χ3v) is 4.01. The lowest BCUT2D eigenvalue weighted by atomic mass is 10.2. The summed E-state index contributed by atoms with van der Waals surface area (Å²) in [6, 6.07) is 11.2. The summed E-state index contributed by atoms with van der Waals surface area (Å²) in [6.07, 6.45) is 0.765. The van der Waals surface area contributed by atoms with Crippen LogP contribution in [0.1, 0.15) is 10.4 Å². The molecule has 0 aliphatic rings. The summed E-state index contributed by atoms with van der Waals surface area (Å²) >= 11 is 1.65. The van der Waals surface area contributed by atoms with Crippen molar-refractivity contribution >= 4 is 29.0 Å².